The standard InChI is InChI=1S/C27H30N6O2.C2H6.H2/c1-3-15-33(16-4-2)27-31-24(19-25(32-27)35-17-12-21-9-5-6-13-28-21)26(34)30-22-10-11-23-20(18-22)8-7-14-29-23;1-2;/h5-11,13-14,18-19H,3-4,12,15-17H2,1-2H3,(H,30,34);1-2H3;1H. The minimum atomic E-state index is -0.320. The van der Waals surface area contributed by atoms with Crippen LogP contribution in [0.3, 0.4) is 0 Å². The zero-order valence-corrected chi connectivity index (χ0v) is 22.1. The van der Waals surface area contributed by atoms with Crippen LogP contribution in [0.15, 0.2) is 67.0 Å². The number of nitrogens with zero attached hydrogens (tertiary/aromatic N) is 5. The number of pyridine rings is 2. The number of carbonyl (C=O) groups is 1. The third-order valence-electron chi connectivity index (χ3n) is 5.39. The van der Waals surface area contributed by atoms with Crippen LogP contribution < -0.4 is 15.0 Å². The molecule has 1 aromatic carbocycles. The summed E-state index contributed by atoms with van der Waals surface area (Å²) in [5.41, 5.74) is 2.73. The van der Waals surface area contributed by atoms with Gasteiger partial charge in [0.25, 0.3) is 5.91 Å². The van der Waals surface area contributed by atoms with Gasteiger partial charge in [-0.3, -0.25) is 14.8 Å². The molecule has 4 rings (SSSR count). The van der Waals surface area contributed by atoms with Crippen LogP contribution in [0, 0.1) is 0 Å². The predicted octanol–water partition coefficient (Wildman–Crippen LogP) is 6.19. The van der Waals surface area contributed by atoms with Gasteiger partial charge in [-0.15, -0.1) is 0 Å². The summed E-state index contributed by atoms with van der Waals surface area (Å²) in [6.45, 7) is 10.2. The van der Waals surface area contributed by atoms with Gasteiger partial charge in [-0.05, 0) is 49.2 Å². The van der Waals surface area contributed by atoms with Crippen molar-refractivity contribution in [3.63, 3.8) is 0 Å². The van der Waals surface area contributed by atoms with Crippen LogP contribution >= 0.6 is 0 Å². The molecule has 8 nitrogen and oxygen atoms in total. The number of benzene rings is 1. The molecule has 3 heterocycles. The van der Waals surface area contributed by atoms with Gasteiger partial charge in [-0.25, -0.2) is 4.98 Å². The van der Waals surface area contributed by atoms with E-state index in [1.54, 1.807) is 18.5 Å². The summed E-state index contributed by atoms with van der Waals surface area (Å²) in [4.78, 5) is 33.1. The Morgan fingerprint density at radius 3 is 2.46 bits per heavy atom. The average molecular weight is 503 g/mol. The lowest BCUT2D eigenvalue weighted by Crippen LogP contribution is -2.28. The Balaban J connectivity index is 0.00000165. The number of fused-ring (bicyclic) bond motifs is 1. The largest absolute Gasteiger partial charge is 0.477 e. The monoisotopic (exact) mass is 502 g/mol. The normalized spacial score (nSPS) is 10.4. The zero-order chi connectivity index (χ0) is 26.5. The molecule has 3 aromatic heterocycles. The Kier molecular flexibility index (Phi) is 10.8. The number of rotatable bonds is 11. The van der Waals surface area contributed by atoms with Crippen molar-refractivity contribution in [1.82, 2.24) is 19.9 Å². The van der Waals surface area contributed by atoms with Gasteiger partial charge in [0, 0.05) is 56.2 Å². The van der Waals surface area contributed by atoms with Crippen molar-refractivity contribution in [3.05, 3.63) is 78.4 Å². The molecule has 37 heavy (non-hydrogen) atoms. The molecule has 0 aliphatic carbocycles. The summed E-state index contributed by atoms with van der Waals surface area (Å²) in [5, 5.41) is 3.90. The number of hydrogen-bond acceptors (Lipinski definition) is 7. The van der Waals surface area contributed by atoms with Crippen molar-refractivity contribution in [1.29, 1.82) is 0 Å². The second-order valence-corrected chi connectivity index (χ2v) is 8.16. The molecule has 0 unspecified atom stereocenters. The van der Waals surface area contributed by atoms with Crippen molar-refractivity contribution in [2.75, 3.05) is 29.9 Å². The van der Waals surface area contributed by atoms with E-state index in [0.717, 1.165) is 42.5 Å². The molecule has 0 aliphatic heterocycles. The van der Waals surface area contributed by atoms with Gasteiger partial charge in [-0.1, -0.05) is 39.8 Å². The van der Waals surface area contributed by atoms with Crippen LogP contribution in [0.5, 0.6) is 5.88 Å². The molecule has 0 fully saturated rings. The summed E-state index contributed by atoms with van der Waals surface area (Å²) < 4.78 is 5.95. The van der Waals surface area contributed by atoms with E-state index < -0.39 is 0 Å². The molecule has 0 saturated heterocycles. The smallest absolute Gasteiger partial charge is 0.274 e. The van der Waals surface area contributed by atoms with E-state index in [2.05, 4.69) is 44.0 Å². The molecular weight excluding hydrogens is 464 g/mol. The quantitative estimate of drug-likeness (QED) is 0.261. The van der Waals surface area contributed by atoms with Gasteiger partial charge in [0.1, 0.15) is 5.69 Å². The molecule has 0 radical (unpaired) electrons. The van der Waals surface area contributed by atoms with Crippen molar-refractivity contribution in [3.8, 4) is 5.88 Å². The highest BCUT2D eigenvalue weighted by atomic mass is 16.5. The minimum Gasteiger partial charge on any atom is -0.477 e. The van der Waals surface area contributed by atoms with Gasteiger partial charge in [0.15, 0.2) is 0 Å². The highest BCUT2D eigenvalue weighted by molar-refractivity contribution is 6.04. The first-order valence-electron chi connectivity index (χ1n) is 13.0. The fraction of sp³-hybridized carbons (Fsp3) is 0.345. The molecule has 8 heteroatoms. The number of ether oxygens (including phenoxy) is 1. The first kappa shape index (κ1) is 27.5. The Hall–Kier alpha value is -4.07. The molecule has 196 valence electrons. The fourth-order valence-corrected chi connectivity index (χ4v) is 3.75. The number of carbonyl (C=O) groups excluding carboxylic acids is 1. The second kappa shape index (κ2) is 14.5. The summed E-state index contributed by atoms with van der Waals surface area (Å²) >= 11 is 0. The van der Waals surface area contributed by atoms with E-state index in [1.165, 1.54) is 0 Å². The number of amides is 1. The lowest BCUT2D eigenvalue weighted by Gasteiger charge is -2.22. The summed E-state index contributed by atoms with van der Waals surface area (Å²) in [7, 11) is 0. The van der Waals surface area contributed by atoms with E-state index in [1.807, 2.05) is 62.4 Å². The summed E-state index contributed by atoms with van der Waals surface area (Å²) in [6, 6.07) is 16.8. The highest BCUT2D eigenvalue weighted by Gasteiger charge is 2.17. The molecule has 0 spiro atoms. The minimum absolute atomic E-state index is 0. The van der Waals surface area contributed by atoms with E-state index in [0.29, 0.717) is 30.5 Å². The van der Waals surface area contributed by atoms with Gasteiger partial charge in [-0.2, -0.15) is 4.98 Å². The molecular formula is C29H38N6O2. The van der Waals surface area contributed by atoms with Crippen LogP contribution in [-0.4, -0.2) is 45.5 Å². The maximum Gasteiger partial charge on any atom is 0.274 e. The van der Waals surface area contributed by atoms with Crippen molar-refractivity contribution >= 4 is 28.4 Å². The Labute approximate surface area is 220 Å². The van der Waals surface area contributed by atoms with Crippen LogP contribution in [-0.2, 0) is 6.42 Å². The fourth-order valence-electron chi connectivity index (χ4n) is 3.75. The van der Waals surface area contributed by atoms with Crippen molar-refractivity contribution < 1.29 is 11.0 Å². The molecule has 0 bridgehead atoms. The number of hydrogen-bond donors (Lipinski definition) is 1. The van der Waals surface area contributed by atoms with Gasteiger partial charge >= 0.3 is 0 Å². The van der Waals surface area contributed by atoms with Crippen molar-refractivity contribution in [2.24, 2.45) is 0 Å². The molecule has 4 aromatic rings. The number of aromatic nitrogens is 4. The summed E-state index contributed by atoms with van der Waals surface area (Å²) in [5.74, 6) is 0.548. The van der Waals surface area contributed by atoms with E-state index >= 15 is 0 Å². The van der Waals surface area contributed by atoms with Gasteiger partial charge in [0.05, 0.1) is 12.1 Å². The lowest BCUT2D eigenvalue weighted by atomic mass is 10.2. The lowest BCUT2D eigenvalue weighted by molar-refractivity contribution is 0.102. The first-order chi connectivity index (χ1) is 18.2. The molecule has 1 N–H and O–H groups in total. The highest BCUT2D eigenvalue weighted by Crippen LogP contribution is 2.20. The average Bonchev–Trinajstić information content (AvgIpc) is 2.94. The zero-order valence-electron chi connectivity index (χ0n) is 22.1. The van der Waals surface area contributed by atoms with E-state index in [-0.39, 0.29) is 13.0 Å². The molecule has 0 saturated carbocycles. The van der Waals surface area contributed by atoms with Crippen LogP contribution in [0.2, 0.25) is 0 Å². The van der Waals surface area contributed by atoms with E-state index in [9.17, 15) is 4.79 Å². The first-order valence-corrected chi connectivity index (χ1v) is 13.0. The van der Waals surface area contributed by atoms with Crippen LogP contribution in [0.1, 0.15) is 58.1 Å². The SMILES string of the molecule is CC.CCCN(CCC)c1nc(OCCc2ccccn2)cc(C(=O)Nc2ccc3ncccc3c2)n1.[HH]. The Bertz CT molecular complexity index is 1270. The molecule has 1 amide bonds. The molecule has 0 aliphatic rings. The van der Waals surface area contributed by atoms with Crippen LogP contribution in [0.4, 0.5) is 11.6 Å². The maximum absolute atomic E-state index is 13.2. The third kappa shape index (κ3) is 7.96. The number of anilines is 2. The predicted molar refractivity (Wildman–Crippen MR) is 151 cm³/mol. The third-order valence-corrected chi connectivity index (χ3v) is 5.39. The summed E-state index contributed by atoms with van der Waals surface area (Å²) in [6.07, 6.45) is 6.04. The topological polar surface area (TPSA) is 93.1 Å². The molecule has 0 atom stereocenters. The second-order valence-electron chi connectivity index (χ2n) is 8.16. The maximum atomic E-state index is 13.2. The van der Waals surface area contributed by atoms with E-state index in [4.69, 9.17) is 4.74 Å². The van der Waals surface area contributed by atoms with Crippen molar-refractivity contribution in [2.45, 2.75) is 47.0 Å². The Morgan fingerprint density at radius 2 is 1.73 bits per heavy atom. The van der Waals surface area contributed by atoms with Crippen LogP contribution in [0.25, 0.3) is 10.9 Å². The Morgan fingerprint density at radius 1 is 0.946 bits per heavy atom. The van der Waals surface area contributed by atoms with Gasteiger partial charge in [0.2, 0.25) is 11.8 Å². The number of nitrogens with one attached hydrogen (secondary N) is 1. The van der Waals surface area contributed by atoms with Gasteiger partial charge < -0.3 is 15.0 Å².